The molecule has 4 heteroatoms. The minimum Gasteiger partial charge on any atom is -0.339 e. The summed E-state index contributed by atoms with van der Waals surface area (Å²) >= 11 is 3.34. The maximum atomic E-state index is 12.4. The normalized spacial score (nSPS) is 17.2. The molecule has 0 aliphatic carbocycles. The first-order valence-electron chi connectivity index (χ1n) is 6.49. The Morgan fingerprint density at radius 1 is 1.44 bits per heavy atom. The second-order valence-corrected chi connectivity index (χ2v) is 5.97. The van der Waals surface area contributed by atoms with E-state index in [1.54, 1.807) is 12.3 Å². The number of piperidine rings is 1. The number of amides is 1. The number of halogens is 1. The molecule has 18 heavy (non-hydrogen) atoms. The number of rotatable bonds is 2. The Balaban J connectivity index is 2.02. The third-order valence-electron chi connectivity index (χ3n) is 3.76. The zero-order valence-corrected chi connectivity index (χ0v) is 12.5. The van der Waals surface area contributed by atoms with Crippen molar-refractivity contribution in [2.45, 2.75) is 26.7 Å². The number of aromatic nitrogens is 1. The predicted molar refractivity (Wildman–Crippen MR) is 75.4 cm³/mol. The molecule has 0 spiro atoms. The molecule has 1 aliphatic rings. The van der Waals surface area contributed by atoms with Crippen molar-refractivity contribution in [1.82, 2.24) is 9.88 Å². The van der Waals surface area contributed by atoms with Crippen molar-refractivity contribution in [2.24, 2.45) is 11.8 Å². The van der Waals surface area contributed by atoms with E-state index in [0.717, 1.165) is 31.8 Å². The second kappa shape index (κ2) is 5.83. The summed E-state index contributed by atoms with van der Waals surface area (Å²) in [6.07, 6.45) is 3.91. The molecule has 0 bridgehead atoms. The van der Waals surface area contributed by atoms with Crippen LogP contribution >= 0.6 is 15.9 Å². The highest BCUT2D eigenvalue weighted by Gasteiger charge is 2.26. The van der Waals surface area contributed by atoms with E-state index in [9.17, 15) is 4.79 Å². The van der Waals surface area contributed by atoms with Crippen LogP contribution in [-0.4, -0.2) is 28.9 Å². The van der Waals surface area contributed by atoms with Gasteiger partial charge in [-0.15, -0.1) is 0 Å². The average Bonchev–Trinajstić information content (AvgIpc) is 2.38. The van der Waals surface area contributed by atoms with Crippen molar-refractivity contribution in [3.63, 3.8) is 0 Å². The van der Waals surface area contributed by atoms with Crippen molar-refractivity contribution in [1.29, 1.82) is 0 Å². The summed E-state index contributed by atoms with van der Waals surface area (Å²) in [6, 6.07) is 3.63. The first-order valence-corrected chi connectivity index (χ1v) is 7.28. The summed E-state index contributed by atoms with van der Waals surface area (Å²) in [5.74, 6) is 1.57. The highest BCUT2D eigenvalue weighted by atomic mass is 79.9. The molecule has 1 amide bonds. The van der Waals surface area contributed by atoms with Crippen LogP contribution in [-0.2, 0) is 0 Å². The molecule has 0 radical (unpaired) electrons. The lowest BCUT2D eigenvalue weighted by Gasteiger charge is -2.34. The van der Waals surface area contributed by atoms with Crippen LogP contribution < -0.4 is 0 Å². The SMILES string of the molecule is CC(C)C1CCN(C(=O)c2cccnc2Br)CC1. The summed E-state index contributed by atoms with van der Waals surface area (Å²) in [7, 11) is 0. The third-order valence-corrected chi connectivity index (χ3v) is 4.39. The van der Waals surface area contributed by atoms with Crippen molar-refractivity contribution < 1.29 is 4.79 Å². The Bertz CT molecular complexity index is 426. The van der Waals surface area contributed by atoms with Gasteiger partial charge in [-0.3, -0.25) is 4.79 Å². The van der Waals surface area contributed by atoms with Gasteiger partial charge in [-0.2, -0.15) is 0 Å². The first kappa shape index (κ1) is 13.5. The largest absolute Gasteiger partial charge is 0.339 e. The quantitative estimate of drug-likeness (QED) is 0.785. The summed E-state index contributed by atoms with van der Waals surface area (Å²) in [5.41, 5.74) is 0.667. The number of likely N-dealkylation sites (tertiary alicyclic amines) is 1. The molecule has 0 N–H and O–H groups in total. The third kappa shape index (κ3) is 2.91. The maximum Gasteiger partial charge on any atom is 0.256 e. The Labute approximate surface area is 117 Å². The fourth-order valence-electron chi connectivity index (χ4n) is 2.49. The number of hydrogen-bond donors (Lipinski definition) is 0. The Kier molecular flexibility index (Phi) is 4.38. The van der Waals surface area contributed by atoms with Crippen LogP contribution in [0.5, 0.6) is 0 Å². The standard InChI is InChI=1S/C14H19BrN2O/c1-10(2)11-5-8-17(9-6-11)14(18)12-4-3-7-16-13(12)15/h3-4,7,10-11H,5-6,8-9H2,1-2H3. The second-order valence-electron chi connectivity index (χ2n) is 5.22. The maximum absolute atomic E-state index is 12.4. The lowest BCUT2D eigenvalue weighted by Crippen LogP contribution is -2.39. The molecule has 1 saturated heterocycles. The highest BCUT2D eigenvalue weighted by molar-refractivity contribution is 9.10. The van der Waals surface area contributed by atoms with Gasteiger partial charge in [0.05, 0.1) is 5.56 Å². The fourth-order valence-corrected chi connectivity index (χ4v) is 2.91. The molecule has 0 atom stereocenters. The molecule has 1 fully saturated rings. The van der Waals surface area contributed by atoms with Crippen LogP contribution in [0.2, 0.25) is 0 Å². The van der Waals surface area contributed by atoms with E-state index in [1.165, 1.54) is 0 Å². The summed E-state index contributed by atoms with van der Waals surface area (Å²) in [6.45, 7) is 6.26. The van der Waals surface area contributed by atoms with Crippen molar-refractivity contribution in [3.05, 3.63) is 28.5 Å². The van der Waals surface area contributed by atoms with Crippen LogP contribution in [0.15, 0.2) is 22.9 Å². The molecule has 1 aromatic rings. The van der Waals surface area contributed by atoms with Gasteiger partial charge in [-0.05, 0) is 52.7 Å². The Morgan fingerprint density at radius 2 is 2.11 bits per heavy atom. The van der Waals surface area contributed by atoms with Gasteiger partial charge >= 0.3 is 0 Å². The molecule has 2 rings (SSSR count). The van der Waals surface area contributed by atoms with Crippen molar-refractivity contribution in [2.75, 3.05) is 13.1 Å². The van der Waals surface area contributed by atoms with E-state index in [-0.39, 0.29) is 5.91 Å². The van der Waals surface area contributed by atoms with Crippen LogP contribution in [0.3, 0.4) is 0 Å². The summed E-state index contributed by atoms with van der Waals surface area (Å²) in [4.78, 5) is 18.4. The molecule has 0 aromatic carbocycles. The average molecular weight is 311 g/mol. The molecular weight excluding hydrogens is 292 g/mol. The lowest BCUT2D eigenvalue weighted by atomic mass is 9.86. The molecule has 1 aromatic heterocycles. The fraction of sp³-hybridized carbons (Fsp3) is 0.571. The molecule has 1 aliphatic heterocycles. The number of hydrogen-bond acceptors (Lipinski definition) is 2. The van der Waals surface area contributed by atoms with Gasteiger partial charge in [-0.25, -0.2) is 4.98 Å². The topological polar surface area (TPSA) is 33.2 Å². The van der Waals surface area contributed by atoms with Crippen LogP contribution in [0.4, 0.5) is 0 Å². The number of carbonyl (C=O) groups excluding carboxylic acids is 1. The van der Waals surface area contributed by atoms with Crippen LogP contribution in [0.25, 0.3) is 0 Å². The van der Waals surface area contributed by atoms with Gasteiger partial charge in [0.2, 0.25) is 0 Å². The zero-order valence-electron chi connectivity index (χ0n) is 10.9. The zero-order chi connectivity index (χ0) is 13.1. The van der Waals surface area contributed by atoms with Gasteiger partial charge in [0.25, 0.3) is 5.91 Å². The lowest BCUT2D eigenvalue weighted by molar-refractivity contribution is 0.0666. The Morgan fingerprint density at radius 3 is 2.67 bits per heavy atom. The minimum atomic E-state index is 0.0946. The molecule has 0 unspecified atom stereocenters. The van der Waals surface area contributed by atoms with E-state index < -0.39 is 0 Å². The van der Waals surface area contributed by atoms with Gasteiger partial charge in [0, 0.05) is 19.3 Å². The van der Waals surface area contributed by atoms with Gasteiger partial charge in [0.1, 0.15) is 4.60 Å². The van der Waals surface area contributed by atoms with Gasteiger partial charge < -0.3 is 4.90 Å². The molecular formula is C14H19BrN2O. The highest BCUT2D eigenvalue weighted by Crippen LogP contribution is 2.26. The number of carbonyl (C=O) groups is 1. The monoisotopic (exact) mass is 310 g/mol. The van der Waals surface area contributed by atoms with Crippen molar-refractivity contribution in [3.8, 4) is 0 Å². The Hall–Kier alpha value is -0.900. The minimum absolute atomic E-state index is 0.0946. The number of pyridine rings is 1. The van der Waals surface area contributed by atoms with Crippen molar-refractivity contribution >= 4 is 21.8 Å². The van der Waals surface area contributed by atoms with Gasteiger partial charge in [-0.1, -0.05) is 13.8 Å². The molecule has 0 saturated carbocycles. The first-order chi connectivity index (χ1) is 8.59. The number of nitrogens with zero attached hydrogens (tertiary/aromatic N) is 2. The molecule has 98 valence electrons. The molecule has 3 nitrogen and oxygen atoms in total. The van der Waals surface area contributed by atoms with E-state index in [1.807, 2.05) is 11.0 Å². The van der Waals surface area contributed by atoms with Crippen LogP contribution in [0.1, 0.15) is 37.0 Å². The molecule has 2 heterocycles. The van der Waals surface area contributed by atoms with Gasteiger partial charge in [0.15, 0.2) is 0 Å². The smallest absolute Gasteiger partial charge is 0.256 e. The van der Waals surface area contributed by atoms with E-state index >= 15 is 0 Å². The van der Waals surface area contributed by atoms with E-state index in [4.69, 9.17) is 0 Å². The predicted octanol–water partition coefficient (Wildman–Crippen LogP) is 3.35. The van der Waals surface area contributed by atoms with E-state index in [2.05, 4.69) is 34.8 Å². The van der Waals surface area contributed by atoms with Crippen LogP contribution in [0, 0.1) is 11.8 Å². The van der Waals surface area contributed by atoms with E-state index in [0.29, 0.717) is 16.1 Å². The summed E-state index contributed by atoms with van der Waals surface area (Å²) in [5, 5.41) is 0. The summed E-state index contributed by atoms with van der Waals surface area (Å²) < 4.78 is 0.640.